The number of carbonyl (C=O) groups excluding carboxylic acids is 1. The summed E-state index contributed by atoms with van der Waals surface area (Å²) in [5.41, 5.74) is 3.30. The zero-order valence-corrected chi connectivity index (χ0v) is 15.8. The molecule has 2 aromatic carbocycles. The molecular weight excluding hydrogens is 352 g/mol. The third-order valence-corrected chi connectivity index (χ3v) is 5.28. The number of nitriles is 1. The number of piperidine rings is 1. The SMILES string of the molecule is CN(Cc1ccc(C#N)cc1)C(=O)C1CCN(c2nc3ccccc3o2)CC1. The molecule has 2 heterocycles. The second kappa shape index (κ2) is 7.73. The third-order valence-electron chi connectivity index (χ3n) is 5.28. The van der Waals surface area contributed by atoms with Crippen LogP contribution >= 0.6 is 0 Å². The van der Waals surface area contributed by atoms with Gasteiger partial charge in [0.05, 0.1) is 11.6 Å². The number of hydrogen-bond donors (Lipinski definition) is 0. The quantitative estimate of drug-likeness (QED) is 0.698. The highest BCUT2D eigenvalue weighted by Gasteiger charge is 2.29. The van der Waals surface area contributed by atoms with Crippen LogP contribution in [0.3, 0.4) is 0 Å². The van der Waals surface area contributed by atoms with Crippen molar-refractivity contribution in [3.8, 4) is 6.07 Å². The van der Waals surface area contributed by atoms with E-state index < -0.39 is 0 Å². The molecule has 1 fully saturated rings. The first kappa shape index (κ1) is 18.1. The van der Waals surface area contributed by atoms with Crippen molar-refractivity contribution in [3.05, 3.63) is 59.7 Å². The Kier molecular flexibility index (Phi) is 4.98. The lowest BCUT2D eigenvalue weighted by Crippen LogP contribution is -2.41. The van der Waals surface area contributed by atoms with Crippen LogP contribution < -0.4 is 4.90 Å². The summed E-state index contributed by atoms with van der Waals surface area (Å²) in [4.78, 5) is 21.3. The van der Waals surface area contributed by atoms with Crippen LogP contribution in [0.2, 0.25) is 0 Å². The monoisotopic (exact) mass is 374 g/mol. The minimum absolute atomic E-state index is 0.0176. The number of para-hydroxylation sites is 2. The van der Waals surface area contributed by atoms with Gasteiger partial charge in [-0.25, -0.2) is 0 Å². The summed E-state index contributed by atoms with van der Waals surface area (Å²) in [7, 11) is 1.84. The second-order valence-corrected chi connectivity index (χ2v) is 7.23. The first-order valence-electron chi connectivity index (χ1n) is 9.48. The number of nitrogens with zero attached hydrogens (tertiary/aromatic N) is 4. The van der Waals surface area contributed by atoms with Crippen LogP contribution in [0.4, 0.5) is 6.01 Å². The number of fused-ring (bicyclic) bond motifs is 1. The van der Waals surface area contributed by atoms with Crippen molar-refractivity contribution < 1.29 is 9.21 Å². The van der Waals surface area contributed by atoms with Crippen LogP contribution in [-0.4, -0.2) is 35.9 Å². The van der Waals surface area contributed by atoms with Crippen LogP contribution in [0, 0.1) is 17.2 Å². The smallest absolute Gasteiger partial charge is 0.298 e. The molecule has 1 aromatic heterocycles. The van der Waals surface area contributed by atoms with E-state index in [1.165, 1.54) is 0 Å². The molecule has 0 aliphatic carbocycles. The van der Waals surface area contributed by atoms with Crippen molar-refractivity contribution in [2.75, 3.05) is 25.0 Å². The summed E-state index contributed by atoms with van der Waals surface area (Å²) in [5, 5.41) is 8.88. The van der Waals surface area contributed by atoms with E-state index in [9.17, 15) is 4.79 Å². The maximum atomic E-state index is 12.8. The number of aromatic nitrogens is 1. The van der Waals surface area contributed by atoms with Gasteiger partial charge in [0.25, 0.3) is 6.01 Å². The average Bonchev–Trinajstić information content (AvgIpc) is 3.18. The average molecular weight is 374 g/mol. The van der Waals surface area contributed by atoms with Gasteiger partial charge in [-0.1, -0.05) is 24.3 Å². The minimum Gasteiger partial charge on any atom is -0.423 e. The first-order valence-corrected chi connectivity index (χ1v) is 9.48. The Morgan fingerprint density at radius 3 is 2.61 bits per heavy atom. The molecule has 28 heavy (non-hydrogen) atoms. The van der Waals surface area contributed by atoms with Gasteiger partial charge in [0.2, 0.25) is 5.91 Å². The van der Waals surface area contributed by atoms with Crippen molar-refractivity contribution in [1.82, 2.24) is 9.88 Å². The van der Waals surface area contributed by atoms with Crippen LogP contribution in [-0.2, 0) is 11.3 Å². The number of anilines is 1. The van der Waals surface area contributed by atoms with E-state index in [0.29, 0.717) is 18.1 Å². The van der Waals surface area contributed by atoms with E-state index in [-0.39, 0.29) is 11.8 Å². The van der Waals surface area contributed by atoms with Gasteiger partial charge in [-0.3, -0.25) is 4.79 Å². The van der Waals surface area contributed by atoms with Crippen LogP contribution in [0.5, 0.6) is 0 Å². The molecule has 1 aliphatic heterocycles. The lowest BCUT2D eigenvalue weighted by molar-refractivity contribution is -0.135. The molecule has 1 saturated heterocycles. The summed E-state index contributed by atoms with van der Waals surface area (Å²) < 4.78 is 5.85. The largest absolute Gasteiger partial charge is 0.423 e. The highest BCUT2D eigenvalue weighted by molar-refractivity contribution is 5.79. The van der Waals surface area contributed by atoms with E-state index in [2.05, 4.69) is 16.0 Å². The molecule has 0 atom stereocenters. The fourth-order valence-corrected chi connectivity index (χ4v) is 3.66. The fourth-order valence-electron chi connectivity index (χ4n) is 3.66. The number of carbonyl (C=O) groups is 1. The predicted molar refractivity (Wildman–Crippen MR) is 107 cm³/mol. The summed E-state index contributed by atoms with van der Waals surface area (Å²) in [6, 6.07) is 17.9. The minimum atomic E-state index is 0.0176. The van der Waals surface area contributed by atoms with E-state index in [1.54, 1.807) is 17.0 Å². The normalized spacial score (nSPS) is 14.8. The number of rotatable bonds is 4. The maximum absolute atomic E-state index is 12.8. The first-order chi connectivity index (χ1) is 13.6. The Morgan fingerprint density at radius 1 is 1.21 bits per heavy atom. The predicted octanol–water partition coefficient (Wildman–Crippen LogP) is 3.57. The van der Waals surface area contributed by atoms with E-state index in [1.807, 2.05) is 43.4 Å². The van der Waals surface area contributed by atoms with Gasteiger partial charge < -0.3 is 14.2 Å². The molecule has 3 aromatic rings. The van der Waals surface area contributed by atoms with Crippen LogP contribution in [0.1, 0.15) is 24.0 Å². The lowest BCUT2D eigenvalue weighted by Gasteiger charge is -2.32. The Bertz CT molecular complexity index is 978. The number of benzene rings is 2. The van der Waals surface area contributed by atoms with Gasteiger partial charge in [0.1, 0.15) is 5.52 Å². The molecule has 1 amide bonds. The van der Waals surface area contributed by atoms with Crippen LogP contribution in [0.25, 0.3) is 11.1 Å². The molecule has 4 rings (SSSR count). The Hall–Kier alpha value is -3.33. The van der Waals surface area contributed by atoms with Gasteiger partial charge in [0.15, 0.2) is 5.58 Å². The standard InChI is InChI=1S/C22H22N4O2/c1-25(15-17-8-6-16(14-23)7-9-17)21(27)18-10-12-26(13-11-18)22-24-19-4-2-3-5-20(19)28-22/h2-9,18H,10-13,15H2,1H3. The summed E-state index contributed by atoms with van der Waals surface area (Å²) in [6.07, 6.45) is 1.57. The summed E-state index contributed by atoms with van der Waals surface area (Å²) in [5.74, 6) is 0.186. The number of oxazole rings is 1. The van der Waals surface area contributed by atoms with Gasteiger partial charge >= 0.3 is 0 Å². The second-order valence-electron chi connectivity index (χ2n) is 7.23. The van der Waals surface area contributed by atoms with Gasteiger partial charge in [-0.2, -0.15) is 10.2 Å². The molecule has 0 radical (unpaired) electrons. The molecule has 1 aliphatic rings. The van der Waals surface area contributed by atoms with E-state index in [0.717, 1.165) is 42.6 Å². The molecule has 0 unspecified atom stereocenters. The fraction of sp³-hybridized carbons (Fsp3) is 0.318. The zero-order valence-electron chi connectivity index (χ0n) is 15.8. The highest BCUT2D eigenvalue weighted by Crippen LogP contribution is 2.27. The molecule has 0 spiro atoms. The third kappa shape index (κ3) is 3.70. The lowest BCUT2D eigenvalue weighted by atomic mass is 9.95. The number of amides is 1. The summed E-state index contributed by atoms with van der Waals surface area (Å²) in [6.45, 7) is 2.07. The zero-order chi connectivity index (χ0) is 19.5. The number of hydrogen-bond acceptors (Lipinski definition) is 5. The van der Waals surface area contributed by atoms with Crippen molar-refractivity contribution in [2.45, 2.75) is 19.4 Å². The highest BCUT2D eigenvalue weighted by atomic mass is 16.4. The van der Waals surface area contributed by atoms with Crippen molar-refractivity contribution in [1.29, 1.82) is 5.26 Å². The van der Waals surface area contributed by atoms with Crippen molar-refractivity contribution in [3.63, 3.8) is 0 Å². The van der Waals surface area contributed by atoms with Crippen molar-refractivity contribution >= 4 is 23.0 Å². The van der Waals surface area contributed by atoms with Gasteiger partial charge in [0, 0.05) is 32.6 Å². The molecule has 0 saturated carbocycles. The summed E-state index contributed by atoms with van der Waals surface area (Å²) >= 11 is 0. The Morgan fingerprint density at radius 2 is 1.93 bits per heavy atom. The molecule has 0 N–H and O–H groups in total. The molecule has 142 valence electrons. The molecule has 6 nitrogen and oxygen atoms in total. The molecule has 0 bridgehead atoms. The van der Waals surface area contributed by atoms with Crippen molar-refractivity contribution in [2.24, 2.45) is 5.92 Å². The van der Waals surface area contributed by atoms with Gasteiger partial charge in [-0.15, -0.1) is 0 Å². The van der Waals surface area contributed by atoms with Crippen LogP contribution in [0.15, 0.2) is 52.9 Å². The maximum Gasteiger partial charge on any atom is 0.298 e. The topological polar surface area (TPSA) is 73.4 Å². The molecular formula is C22H22N4O2. The Labute approximate surface area is 164 Å². The van der Waals surface area contributed by atoms with E-state index in [4.69, 9.17) is 9.68 Å². The van der Waals surface area contributed by atoms with E-state index >= 15 is 0 Å². The van der Waals surface area contributed by atoms with Gasteiger partial charge in [-0.05, 0) is 42.7 Å². The Balaban J connectivity index is 1.34. The molecule has 6 heteroatoms.